The Kier molecular flexibility index (Phi) is 1.33. The molecule has 1 rings (SSSR count). The zero-order valence-electron chi connectivity index (χ0n) is 5.07. The van der Waals surface area contributed by atoms with Crippen LogP contribution in [0.15, 0.2) is 11.8 Å². The molecule has 54 valence electrons. The molecule has 0 bridgehead atoms. The molecule has 1 aliphatic rings. The number of urea groups is 1. The van der Waals surface area contributed by atoms with Gasteiger partial charge in [0.15, 0.2) is 5.76 Å². The second-order valence-corrected chi connectivity index (χ2v) is 1.84. The van der Waals surface area contributed by atoms with Crippen LogP contribution >= 0.6 is 0 Å². The summed E-state index contributed by atoms with van der Waals surface area (Å²) in [6, 6.07) is -0.842. The van der Waals surface area contributed by atoms with Gasteiger partial charge in [-0.05, 0) is 6.08 Å². The molecule has 10 heavy (non-hydrogen) atoms. The minimum Gasteiger partial charge on any atom is -0.503 e. The van der Waals surface area contributed by atoms with Crippen molar-refractivity contribution in [3.8, 4) is 0 Å². The number of hydrogen-bond acceptors (Lipinski definition) is 3. The van der Waals surface area contributed by atoms with Crippen LogP contribution in [0, 0.1) is 0 Å². The Morgan fingerprint density at radius 2 is 2.40 bits per heavy atom. The number of amides is 3. The molecule has 1 heterocycles. The molecule has 0 saturated carbocycles. The molecule has 0 aromatic heterocycles. The van der Waals surface area contributed by atoms with Crippen molar-refractivity contribution in [3.63, 3.8) is 0 Å². The maximum Gasteiger partial charge on any atom is 0.322 e. The molecule has 5 heteroatoms. The zero-order valence-corrected chi connectivity index (χ0v) is 5.07. The Balaban J connectivity index is 2.75. The summed E-state index contributed by atoms with van der Waals surface area (Å²) in [5, 5.41) is 8.68. The standard InChI is InChI=1S/C5H6N2O3/c6-5(10)7-2-1-3(8)4(7)9/h1,8H,2H2,(H2,6,10). The zero-order chi connectivity index (χ0) is 7.72. The van der Waals surface area contributed by atoms with Crippen LogP contribution in [0.2, 0.25) is 0 Å². The Hall–Kier alpha value is -1.52. The number of imide groups is 1. The first-order chi connectivity index (χ1) is 4.63. The van der Waals surface area contributed by atoms with Gasteiger partial charge >= 0.3 is 6.03 Å². The highest BCUT2D eigenvalue weighted by atomic mass is 16.3. The van der Waals surface area contributed by atoms with Crippen molar-refractivity contribution < 1.29 is 14.7 Å². The fourth-order valence-corrected chi connectivity index (χ4v) is 0.676. The van der Waals surface area contributed by atoms with Gasteiger partial charge in [0.1, 0.15) is 0 Å². The predicted molar refractivity (Wildman–Crippen MR) is 32.0 cm³/mol. The summed E-state index contributed by atoms with van der Waals surface area (Å²) in [6.07, 6.45) is 1.23. The Morgan fingerprint density at radius 1 is 1.80 bits per heavy atom. The minimum atomic E-state index is -0.842. The monoisotopic (exact) mass is 142 g/mol. The molecular weight excluding hydrogens is 136 g/mol. The highest BCUT2D eigenvalue weighted by Gasteiger charge is 2.26. The van der Waals surface area contributed by atoms with Crippen LogP contribution in [0.5, 0.6) is 0 Å². The summed E-state index contributed by atoms with van der Waals surface area (Å²) in [5.41, 5.74) is 4.77. The third-order valence-electron chi connectivity index (χ3n) is 1.20. The summed E-state index contributed by atoms with van der Waals surface area (Å²) in [4.78, 5) is 21.7. The molecule has 0 radical (unpaired) electrons. The molecular formula is C5H6N2O3. The molecule has 1 aliphatic heterocycles. The number of rotatable bonds is 0. The SMILES string of the molecule is NC(=O)N1CC=C(O)C1=O. The largest absolute Gasteiger partial charge is 0.503 e. The van der Waals surface area contributed by atoms with E-state index in [1.165, 1.54) is 6.08 Å². The molecule has 0 aromatic carbocycles. The van der Waals surface area contributed by atoms with Gasteiger partial charge in [0.25, 0.3) is 5.91 Å². The smallest absolute Gasteiger partial charge is 0.322 e. The van der Waals surface area contributed by atoms with Gasteiger partial charge in [-0.25, -0.2) is 4.79 Å². The van der Waals surface area contributed by atoms with E-state index >= 15 is 0 Å². The van der Waals surface area contributed by atoms with Crippen molar-refractivity contribution >= 4 is 11.9 Å². The van der Waals surface area contributed by atoms with E-state index in [0.717, 1.165) is 4.90 Å². The molecule has 0 atom stereocenters. The third-order valence-corrected chi connectivity index (χ3v) is 1.20. The number of carbonyl (C=O) groups is 2. The van der Waals surface area contributed by atoms with Gasteiger partial charge in [-0.1, -0.05) is 0 Å². The van der Waals surface area contributed by atoms with Crippen LogP contribution in [0.4, 0.5) is 4.79 Å². The number of aliphatic hydroxyl groups is 1. The maximum absolute atomic E-state index is 10.7. The van der Waals surface area contributed by atoms with E-state index in [4.69, 9.17) is 10.8 Å². The first kappa shape index (κ1) is 6.60. The quantitative estimate of drug-likeness (QED) is 0.471. The summed E-state index contributed by atoms with van der Waals surface area (Å²) in [6.45, 7) is 0.0694. The number of primary amides is 1. The van der Waals surface area contributed by atoms with Gasteiger partial charge in [-0.15, -0.1) is 0 Å². The molecule has 0 aromatic rings. The van der Waals surface area contributed by atoms with Crippen molar-refractivity contribution in [2.24, 2.45) is 5.73 Å². The topological polar surface area (TPSA) is 83.6 Å². The van der Waals surface area contributed by atoms with Gasteiger partial charge in [0.2, 0.25) is 0 Å². The fraction of sp³-hybridized carbons (Fsp3) is 0.200. The lowest BCUT2D eigenvalue weighted by Crippen LogP contribution is -2.37. The lowest BCUT2D eigenvalue weighted by Gasteiger charge is -2.07. The van der Waals surface area contributed by atoms with E-state index in [2.05, 4.69) is 0 Å². The average molecular weight is 142 g/mol. The highest BCUT2D eigenvalue weighted by Crippen LogP contribution is 2.06. The average Bonchev–Trinajstić information content (AvgIpc) is 2.14. The molecule has 0 fully saturated rings. The first-order valence-corrected chi connectivity index (χ1v) is 2.63. The Labute approximate surface area is 56.7 Å². The molecule has 0 aliphatic carbocycles. The van der Waals surface area contributed by atoms with Crippen molar-refractivity contribution in [2.45, 2.75) is 0 Å². The van der Waals surface area contributed by atoms with Crippen molar-refractivity contribution in [1.82, 2.24) is 4.90 Å². The normalized spacial score (nSPS) is 17.4. The van der Waals surface area contributed by atoms with Gasteiger partial charge < -0.3 is 10.8 Å². The highest BCUT2D eigenvalue weighted by molar-refractivity contribution is 6.03. The molecule has 0 saturated heterocycles. The first-order valence-electron chi connectivity index (χ1n) is 2.63. The van der Waals surface area contributed by atoms with E-state index in [-0.39, 0.29) is 6.54 Å². The number of aliphatic hydroxyl groups excluding tert-OH is 1. The predicted octanol–water partition coefficient (Wildman–Crippen LogP) is -0.651. The number of hydrogen-bond donors (Lipinski definition) is 2. The molecule has 5 nitrogen and oxygen atoms in total. The number of nitrogens with two attached hydrogens (primary N) is 1. The molecule has 0 unspecified atom stereocenters. The van der Waals surface area contributed by atoms with Crippen LogP contribution in [0.25, 0.3) is 0 Å². The molecule has 3 N–H and O–H groups in total. The third kappa shape index (κ3) is 0.812. The van der Waals surface area contributed by atoms with E-state index in [1.54, 1.807) is 0 Å². The fourth-order valence-electron chi connectivity index (χ4n) is 0.676. The molecule has 3 amide bonds. The second kappa shape index (κ2) is 2.02. The van der Waals surface area contributed by atoms with Crippen LogP contribution < -0.4 is 5.73 Å². The van der Waals surface area contributed by atoms with E-state index in [0.29, 0.717) is 0 Å². The van der Waals surface area contributed by atoms with Crippen LogP contribution in [0.3, 0.4) is 0 Å². The summed E-state index contributed by atoms with van der Waals surface area (Å²) in [7, 11) is 0. The second-order valence-electron chi connectivity index (χ2n) is 1.84. The minimum absolute atomic E-state index is 0.0694. The van der Waals surface area contributed by atoms with E-state index in [1.807, 2.05) is 0 Å². The Morgan fingerprint density at radius 3 is 2.60 bits per heavy atom. The maximum atomic E-state index is 10.7. The Bertz CT molecular complexity index is 221. The van der Waals surface area contributed by atoms with Crippen molar-refractivity contribution in [2.75, 3.05) is 6.54 Å². The van der Waals surface area contributed by atoms with Crippen molar-refractivity contribution in [3.05, 3.63) is 11.8 Å². The summed E-state index contributed by atoms with van der Waals surface area (Å²) >= 11 is 0. The van der Waals surface area contributed by atoms with Gasteiger partial charge in [-0.2, -0.15) is 0 Å². The lowest BCUT2D eigenvalue weighted by molar-refractivity contribution is -0.125. The van der Waals surface area contributed by atoms with Crippen LogP contribution in [-0.2, 0) is 4.79 Å². The summed E-state index contributed by atoms with van der Waals surface area (Å²) in [5.74, 6) is -1.15. The lowest BCUT2D eigenvalue weighted by atomic mass is 10.5. The van der Waals surface area contributed by atoms with Gasteiger partial charge in [0.05, 0.1) is 6.54 Å². The van der Waals surface area contributed by atoms with E-state index in [9.17, 15) is 9.59 Å². The number of nitrogens with zero attached hydrogens (tertiary/aromatic N) is 1. The van der Waals surface area contributed by atoms with Gasteiger partial charge in [-0.3, -0.25) is 9.69 Å². The van der Waals surface area contributed by atoms with Gasteiger partial charge in [0, 0.05) is 0 Å². The van der Waals surface area contributed by atoms with Crippen LogP contribution in [-0.4, -0.2) is 28.5 Å². The van der Waals surface area contributed by atoms with E-state index < -0.39 is 17.7 Å². The van der Waals surface area contributed by atoms with Crippen molar-refractivity contribution in [1.29, 1.82) is 0 Å². The van der Waals surface area contributed by atoms with Crippen LogP contribution in [0.1, 0.15) is 0 Å². The summed E-state index contributed by atoms with van der Waals surface area (Å²) < 4.78 is 0. The molecule has 0 spiro atoms. The number of carbonyl (C=O) groups excluding carboxylic acids is 2.